The molecule has 1 heterocycles. The number of carbonyl (C=O) groups excluding carboxylic acids is 2. The number of hydrogen-bond acceptors (Lipinski definition) is 5. The lowest BCUT2D eigenvalue weighted by Crippen LogP contribution is -2.30. The van der Waals surface area contributed by atoms with Gasteiger partial charge in [0.05, 0.1) is 12.8 Å². The van der Waals surface area contributed by atoms with Crippen molar-refractivity contribution in [1.29, 1.82) is 0 Å². The van der Waals surface area contributed by atoms with Gasteiger partial charge in [0.1, 0.15) is 11.0 Å². The fourth-order valence-corrected chi connectivity index (χ4v) is 3.85. The van der Waals surface area contributed by atoms with Gasteiger partial charge in [0, 0.05) is 24.2 Å². The van der Waals surface area contributed by atoms with Gasteiger partial charge in [-0.1, -0.05) is 29.4 Å². The molecule has 1 atom stereocenters. The second kappa shape index (κ2) is 8.45. The Balaban J connectivity index is 1.64. The minimum atomic E-state index is -0.508. The van der Waals surface area contributed by atoms with Crippen LogP contribution in [-0.2, 0) is 9.59 Å². The first-order valence-corrected chi connectivity index (χ1v) is 9.44. The van der Waals surface area contributed by atoms with Crippen LogP contribution in [0, 0.1) is 0 Å². The van der Waals surface area contributed by atoms with Crippen LogP contribution in [0.3, 0.4) is 0 Å². The topological polar surface area (TPSA) is 71.0 Å². The zero-order chi connectivity index (χ0) is 19.4. The third kappa shape index (κ3) is 4.81. The minimum absolute atomic E-state index is 0.0639. The summed E-state index contributed by atoms with van der Waals surface area (Å²) in [5.41, 5.74) is 1.31. The molecule has 0 bridgehead atoms. The molecule has 1 unspecified atom stereocenters. The van der Waals surface area contributed by atoms with Gasteiger partial charge in [-0.3, -0.25) is 14.5 Å². The van der Waals surface area contributed by atoms with E-state index in [4.69, 9.17) is 16.3 Å². The lowest BCUT2D eigenvalue weighted by atomic mass is 10.2. The van der Waals surface area contributed by atoms with Crippen molar-refractivity contribution in [2.24, 2.45) is 4.99 Å². The molecule has 1 N–H and O–H groups in total. The highest BCUT2D eigenvalue weighted by molar-refractivity contribution is 8.15. The van der Waals surface area contributed by atoms with E-state index in [2.05, 4.69) is 10.3 Å². The number of amides is 2. The van der Waals surface area contributed by atoms with E-state index in [1.165, 1.54) is 16.7 Å². The van der Waals surface area contributed by atoms with E-state index in [1.807, 2.05) is 6.07 Å². The summed E-state index contributed by atoms with van der Waals surface area (Å²) in [6.45, 7) is 0. The van der Waals surface area contributed by atoms with Gasteiger partial charge in [0.2, 0.25) is 11.8 Å². The van der Waals surface area contributed by atoms with Gasteiger partial charge >= 0.3 is 0 Å². The Kier molecular flexibility index (Phi) is 6.03. The van der Waals surface area contributed by atoms with Crippen LogP contribution in [0.15, 0.2) is 53.5 Å². The number of methoxy groups -OCH3 is 1. The summed E-state index contributed by atoms with van der Waals surface area (Å²) in [6.07, 6.45) is 0.0639. The normalized spacial score (nSPS) is 18.0. The smallest absolute Gasteiger partial charge is 0.242 e. The quantitative estimate of drug-likeness (QED) is 0.820. The number of aliphatic imine (C=N–C) groups is 1. The van der Waals surface area contributed by atoms with Crippen LogP contribution < -0.4 is 10.1 Å². The van der Waals surface area contributed by atoms with Crippen molar-refractivity contribution in [1.82, 2.24) is 4.90 Å². The molecule has 0 aliphatic carbocycles. The molecule has 8 heteroatoms. The summed E-state index contributed by atoms with van der Waals surface area (Å²) in [6, 6.07) is 14.1. The number of anilines is 1. The van der Waals surface area contributed by atoms with Crippen LogP contribution in [0.2, 0.25) is 5.02 Å². The molecule has 1 fully saturated rings. The summed E-state index contributed by atoms with van der Waals surface area (Å²) < 4.78 is 5.09. The predicted octanol–water partition coefficient (Wildman–Crippen LogP) is 3.94. The number of rotatable bonds is 5. The van der Waals surface area contributed by atoms with Crippen LogP contribution in [-0.4, -0.2) is 41.3 Å². The maximum Gasteiger partial charge on any atom is 0.242 e. The molecule has 1 aliphatic heterocycles. The average Bonchev–Trinajstić information content (AvgIpc) is 2.90. The first-order chi connectivity index (χ1) is 13.0. The second-order valence-corrected chi connectivity index (χ2v) is 7.47. The van der Waals surface area contributed by atoms with Crippen molar-refractivity contribution < 1.29 is 14.3 Å². The van der Waals surface area contributed by atoms with Crippen molar-refractivity contribution in [3.8, 4) is 5.75 Å². The summed E-state index contributed by atoms with van der Waals surface area (Å²) >= 11 is 7.25. The molecular formula is C19H18ClN3O3S. The molecule has 0 aromatic heterocycles. The molecule has 2 aromatic carbocycles. The lowest BCUT2D eigenvalue weighted by molar-refractivity contribution is -0.127. The summed E-state index contributed by atoms with van der Waals surface area (Å²) in [5, 5.41) is 3.40. The van der Waals surface area contributed by atoms with Gasteiger partial charge in [0.25, 0.3) is 0 Å². The van der Waals surface area contributed by atoms with E-state index in [-0.39, 0.29) is 18.2 Å². The number of nitrogens with one attached hydrogen (secondary N) is 1. The van der Waals surface area contributed by atoms with Crippen LogP contribution in [0.4, 0.5) is 11.4 Å². The van der Waals surface area contributed by atoms with Gasteiger partial charge in [0.15, 0.2) is 5.17 Å². The third-order valence-electron chi connectivity index (χ3n) is 3.92. The highest BCUT2D eigenvalue weighted by atomic mass is 35.5. The second-order valence-electron chi connectivity index (χ2n) is 5.86. The highest BCUT2D eigenvalue weighted by Crippen LogP contribution is 2.31. The van der Waals surface area contributed by atoms with Crippen molar-refractivity contribution in [3.63, 3.8) is 0 Å². The molecule has 0 spiro atoms. The molecule has 3 rings (SSSR count). The van der Waals surface area contributed by atoms with Crippen LogP contribution >= 0.6 is 23.4 Å². The van der Waals surface area contributed by atoms with Gasteiger partial charge in [-0.25, -0.2) is 4.99 Å². The zero-order valence-electron chi connectivity index (χ0n) is 14.8. The Morgan fingerprint density at radius 2 is 2.04 bits per heavy atom. The summed E-state index contributed by atoms with van der Waals surface area (Å²) in [5.74, 6) is 0.326. The number of carbonyl (C=O) groups is 2. The summed E-state index contributed by atoms with van der Waals surface area (Å²) in [4.78, 5) is 30.7. The third-order valence-corrected chi connectivity index (χ3v) is 5.38. The van der Waals surface area contributed by atoms with Gasteiger partial charge in [-0.05, 0) is 42.5 Å². The molecule has 140 valence electrons. The largest absolute Gasteiger partial charge is 0.497 e. The Hall–Kier alpha value is -2.51. The Morgan fingerprint density at radius 1 is 1.30 bits per heavy atom. The molecule has 2 amide bonds. The van der Waals surface area contributed by atoms with E-state index in [9.17, 15) is 9.59 Å². The standard InChI is InChI=1S/C19H18ClN3O3S/c1-23-18(25)16(27-19(23)22-14-5-3-4-12(20)10-14)11-17(24)21-13-6-8-15(26-2)9-7-13/h3-10,16H,11H2,1-2H3,(H,21,24). The highest BCUT2D eigenvalue weighted by Gasteiger charge is 2.37. The number of ether oxygens (including phenoxy) is 1. The molecule has 0 radical (unpaired) electrons. The average molecular weight is 404 g/mol. The lowest BCUT2D eigenvalue weighted by Gasteiger charge is -2.09. The van der Waals surface area contributed by atoms with Crippen molar-refractivity contribution in [3.05, 3.63) is 53.6 Å². The van der Waals surface area contributed by atoms with E-state index in [0.29, 0.717) is 27.3 Å². The first-order valence-electron chi connectivity index (χ1n) is 8.18. The maximum absolute atomic E-state index is 12.4. The van der Waals surface area contributed by atoms with Gasteiger partial charge in [-0.2, -0.15) is 0 Å². The van der Waals surface area contributed by atoms with E-state index >= 15 is 0 Å². The number of nitrogens with zero attached hydrogens (tertiary/aromatic N) is 2. The van der Waals surface area contributed by atoms with Gasteiger partial charge < -0.3 is 10.1 Å². The minimum Gasteiger partial charge on any atom is -0.497 e. The van der Waals surface area contributed by atoms with Crippen LogP contribution in [0.25, 0.3) is 0 Å². The molecule has 27 heavy (non-hydrogen) atoms. The fraction of sp³-hybridized carbons (Fsp3) is 0.211. The van der Waals surface area contributed by atoms with Crippen molar-refractivity contribution >= 4 is 51.7 Å². The predicted molar refractivity (Wildman–Crippen MR) is 109 cm³/mol. The number of hydrogen-bond donors (Lipinski definition) is 1. The Labute approximate surface area is 166 Å². The molecule has 1 saturated heterocycles. The number of benzene rings is 2. The van der Waals surface area contributed by atoms with E-state index < -0.39 is 5.25 Å². The molecule has 0 saturated carbocycles. The monoisotopic (exact) mass is 403 g/mol. The number of amidine groups is 1. The molecule has 1 aliphatic rings. The van der Waals surface area contributed by atoms with E-state index in [1.54, 1.807) is 56.6 Å². The number of thioether (sulfide) groups is 1. The SMILES string of the molecule is COc1ccc(NC(=O)CC2SC(=Nc3cccc(Cl)c3)N(C)C2=O)cc1. The maximum atomic E-state index is 12.4. The molecule has 2 aromatic rings. The number of halogens is 1. The van der Waals surface area contributed by atoms with Crippen molar-refractivity contribution in [2.75, 3.05) is 19.5 Å². The Morgan fingerprint density at radius 3 is 2.70 bits per heavy atom. The first kappa shape index (κ1) is 19.3. The fourth-order valence-electron chi connectivity index (χ4n) is 2.51. The molecular weight excluding hydrogens is 386 g/mol. The van der Waals surface area contributed by atoms with Gasteiger partial charge in [-0.15, -0.1) is 0 Å². The van der Waals surface area contributed by atoms with Crippen LogP contribution in [0.5, 0.6) is 5.75 Å². The van der Waals surface area contributed by atoms with E-state index in [0.717, 1.165) is 0 Å². The zero-order valence-corrected chi connectivity index (χ0v) is 16.4. The summed E-state index contributed by atoms with van der Waals surface area (Å²) in [7, 11) is 3.23. The van der Waals surface area contributed by atoms with Crippen molar-refractivity contribution in [2.45, 2.75) is 11.7 Å². The molecule has 6 nitrogen and oxygen atoms in total. The van der Waals surface area contributed by atoms with Crippen LogP contribution in [0.1, 0.15) is 6.42 Å². The Bertz CT molecular complexity index is 886.